The Bertz CT molecular complexity index is 900. The molecule has 27 heavy (non-hydrogen) atoms. The molecule has 2 aliphatic heterocycles. The molecule has 1 atom stereocenters. The number of hydrogen-bond acceptors (Lipinski definition) is 5. The Balaban J connectivity index is 1.38. The fourth-order valence-electron chi connectivity index (χ4n) is 3.35. The van der Waals surface area contributed by atoms with Gasteiger partial charge in [0.15, 0.2) is 5.17 Å². The van der Waals surface area contributed by atoms with Crippen LogP contribution in [0, 0.1) is 0 Å². The quantitative estimate of drug-likeness (QED) is 0.883. The lowest BCUT2D eigenvalue weighted by Crippen LogP contribution is -2.46. The van der Waals surface area contributed by atoms with Crippen molar-refractivity contribution in [2.45, 2.75) is 11.7 Å². The van der Waals surface area contributed by atoms with Crippen molar-refractivity contribution >= 4 is 45.2 Å². The molecule has 0 aromatic heterocycles. The molecule has 2 aromatic carbocycles. The van der Waals surface area contributed by atoms with E-state index in [4.69, 9.17) is 0 Å². The molecule has 6 nitrogen and oxygen atoms in total. The lowest BCUT2D eigenvalue weighted by Gasteiger charge is -2.33. The van der Waals surface area contributed by atoms with E-state index in [1.807, 2.05) is 42.5 Å². The van der Waals surface area contributed by atoms with Gasteiger partial charge in [0.05, 0.1) is 0 Å². The summed E-state index contributed by atoms with van der Waals surface area (Å²) in [4.78, 5) is 33.4. The molecule has 1 fully saturated rings. The second-order valence-electron chi connectivity index (χ2n) is 6.91. The first kappa shape index (κ1) is 18.0. The van der Waals surface area contributed by atoms with E-state index in [9.17, 15) is 9.59 Å². The molecule has 1 unspecified atom stereocenters. The number of carbonyl (C=O) groups excluding carboxylic acids is 2. The Kier molecular flexibility index (Phi) is 5.13. The van der Waals surface area contributed by atoms with Crippen LogP contribution in [0.4, 0.5) is 5.69 Å². The second kappa shape index (κ2) is 7.70. The first-order valence-electron chi connectivity index (χ1n) is 9.10. The number of amidine groups is 1. The first-order chi connectivity index (χ1) is 13.1. The average molecular weight is 382 g/mol. The minimum Gasteiger partial charge on any atom is -0.349 e. The Morgan fingerprint density at radius 3 is 2.70 bits per heavy atom. The Labute approximate surface area is 162 Å². The third-order valence-corrected chi connectivity index (χ3v) is 6.15. The van der Waals surface area contributed by atoms with E-state index in [0.717, 1.165) is 47.8 Å². The van der Waals surface area contributed by atoms with Gasteiger partial charge in [-0.1, -0.05) is 48.2 Å². The maximum absolute atomic E-state index is 12.5. The maximum Gasteiger partial charge on any atom is 0.262 e. The van der Waals surface area contributed by atoms with Gasteiger partial charge in [0, 0.05) is 43.7 Å². The van der Waals surface area contributed by atoms with Crippen LogP contribution in [0.25, 0.3) is 10.8 Å². The number of fused-ring (bicyclic) bond motifs is 1. The van der Waals surface area contributed by atoms with Gasteiger partial charge in [0.1, 0.15) is 5.25 Å². The number of piperazine rings is 1. The van der Waals surface area contributed by atoms with E-state index in [1.54, 1.807) is 0 Å². The van der Waals surface area contributed by atoms with E-state index >= 15 is 0 Å². The molecule has 1 saturated heterocycles. The topological polar surface area (TPSA) is 65.0 Å². The minimum absolute atomic E-state index is 0.132. The fraction of sp³-hybridized carbons (Fsp3) is 0.350. The van der Waals surface area contributed by atoms with Gasteiger partial charge in [-0.2, -0.15) is 4.99 Å². The molecule has 7 heteroatoms. The summed E-state index contributed by atoms with van der Waals surface area (Å²) in [7, 11) is 2.09. The number of thioether (sulfide) groups is 1. The van der Waals surface area contributed by atoms with Crippen LogP contribution in [-0.2, 0) is 9.59 Å². The molecule has 1 N–H and O–H groups in total. The van der Waals surface area contributed by atoms with Gasteiger partial charge in [-0.05, 0) is 18.5 Å². The molecule has 0 aliphatic carbocycles. The summed E-state index contributed by atoms with van der Waals surface area (Å²) in [5.41, 5.74) is 0.772. The number of nitrogens with one attached hydrogen (secondary N) is 1. The number of amides is 2. The third kappa shape index (κ3) is 3.99. The first-order valence-corrected chi connectivity index (χ1v) is 9.98. The second-order valence-corrected chi connectivity index (χ2v) is 8.08. The number of aliphatic imine (C=N–C) groups is 1. The minimum atomic E-state index is -0.436. The molecule has 140 valence electrons. The zero-order valence-corrected chi connectivity index (χ0v) is 16.0. The van der Waals surface area contributed by atoms with Crippen molar-refractivity contribution in [1.29, 1.82) is 0 Å². The molecule has 2 aliphatic rings. The van der Waals surface area contributed by atoms with Crippen LogP contribution in [0.15, 0.2) is 47.5 Å². The molecule has 2 heterocycles. The Hall–Kier alpha value is -2.38. The normalized spacial score (nSPS) is 20.8. The van der Waals surface area contributed by atoms with Gasteiger partial charge >= 0.3 is 0 Å². The van der Waals surface area contributed by atoms with Gasteiger partial charge < -0.3 is 15.1 Å². The molecule has 2 aromatic rings. The summed E-state index contributed by atoms with van der Waals surface area (Å²) >= 11 is 1.42. The zero-order chi connectivity index (χ0) is 18.8. The average Bonchev–Trinajstić information content (AvgIpc) is 3.03. The molecular weight excluding hydrogens is 360 g/mol. The lowest BCUT2D eigenvalue weighted by molar-refractivity contribution is -0.121. The van der Waals surface area contributed by atoms with E-state index < -0.39 is 5.25 Å². The van der Waals surface area contributed by atoms with Crippen molar-refractivity contribution in [1.82, 2.24) is 9.80 Å². The summed E-state index contributed by atoms with van der Waals surface area (Å²) in [5, 5.41) is 5.35. The number of benzene rings is 2. The summed E-state index contributed by atoms with van der Waals surface area (Å²) in [6.45, 7) is 3.65. The monoisotopic (exact) mass is 382 g/mol. The number of hydrogen-bond donors (Lipinski definition) is 1. The van der Waals surface area contributed by atoms with Crippen LogP contribution in [-0.4, -0.2) is 65.3 Å². The fourth-order valence-corrected chi connectivity index (χ4v) is 4.46. The highest BCUT2D eigenvalue weighted by atomic mass is 32.2. The van der Waals surface area contributed by atoms with Crippen LogP contribution < -0.4 is 5.32 Å². The summed E-state index contributed by atoms with van der Waals surface area (Å²) in [6.07, 6.45) is 0.132. The van der Waals surface area contributed by atoms with Crippen molar-refractivity contribution in [3.8, 4) is 0 Å². The van der Waals surface area contributed by atoms with E-state index in [2.05, 4.69) is 27.2 Å². The molecule has 4 rings (SSSR count). The number of likely N-dealkylation sites (N-methyl/N-ethyl adjacent to an activating group) is 1. The number of rotatable bonds is 3. The SMILES string of the molecule is CN1CCN(C2=NC(=O)C(CC(=O)Nc3cccc4ccccc34)S2)CC1. The van der Waals surface area contributed by atoms with Gasteiger partial charge in [-0.25, -0.2) is 0 Å². The van der Waals surface area contributed by atoms with Crippen molar-refractivity contribution < 1.29 is 9.59 Å². The van der Waals surface area contributed by atoms with Gasteiger partial charge in [0.25, 0.3) is 5.91 Å². The molecule has 0 bridgehead atoms. The van der Waals surface area contributed by atoms with Gasteiger partial charge in [-0.3, -0.25) is 9.59 Å². The summed E-state index contributed by atoms with van der Waals surface area (Å²) in [6, 6.07) is 13.7. The van der Waals surface area contributed by atoms with Crippen LogP contribution in [0.5, 0.6) is 0 Å². The largest absolute Gasteiger partial charge is 0.349 e. The summed E-state index contributed by atoms with van der Waals surface area (Å²) < 4.78 is 0. The van der Waals surface area contributed by atoms with Crippen LogP contribution in [0.3, 0.4) is 0 Å². The highest BCUT2D eigenvalue weighted by Crippen LogP contribution is 2.29. The molecular formula is C20H22N4O2S. The number of carbonyl (C=O) groups is 2. The lowest BCUT2D eigenvalue weighted by atomic mass is 10.1. The highest BCUT2D eigenvalue weighted by Gasteiger charge is 2.33. The molecule has 2 amide bonds. The molecule has 0 saturated carbocycles. The van der Waals surface area contributed by atoms with E-state index in [1.165, 1.54) is 11.8 Å². The van der Waals surface area contributed by atoms with Crippen LogP contribution in [0.2, 0.25) is 0 Å². The Morgan fingerprint density at radius 2 is 1.89 bits per heavy atom. The summed E-state index contributed by atoms with van der Waals surface area (Å²) in [5.74, 6) is -0.367. The van der Waals surface area contributed by atoms with Crippen molar-refractivity contribution in [2.75, 3.05) is 38.5 Å². The predicted molar refractivity (Wildman–Crippen MR) is 110 cm³/mol. The van der Waals surface area contributed by atoms with Gasteiger partial charge in [0.2, 0.25) is 5.91 Å². The van der Waals surface area contributed by atoms with Crippen LogP contribution >= 0.6 is 11.8 Å². The smallest absolute Gasteiger partial charge is 0.262 e. The van der Waals surface area contributed by atoms with Crippen LogP contribution in [0.1, 0.15) is 6.42 Å². The third-order valence-electron chi connectivity index (χ3n) is 4.94. The Morgan fingerprint density at radius 1 is 1.15 bits per heavy atom. The maximum atomic E-state index is 12.5. The number of nitrogens with zero attached hydrogens (tertiary/aromatic N) is 3. The molecule has 0 radical (unpaired) electrons. The van der Waals surface area contributed by atoms with Crippen molar-refractivity contribution in [3.63, 3.8) is 0 Å². The van der Waals surface area contributed by atoms with E-state index in [0.29, 0.717) is 0 Å². The highest BCUT2D eigenvalue weighted by molar-refractivity contribution is 8.15. The van der Waals surface area contributed by atoms with Crippen molar-refractivity contribution in [2.24, 2.45) is 4.99 Å². The zero-order valence-electron chi connectivity index (χ0n) is 15.2. The molecule has 0 spiro atoms. The predicted octanol–water partition coefficient (Wildman–Crippen LogP) is 2.41. The number of anilines is 1. The van der Waals surface area contributed by atoms with Crippen molar-refractivity contribution in [3.05, 3.63) is 42.5 Å². The van der Waals surface area contributed by atoms with Gasteiger partial charge in [-0.15, -0.1) is 0 Å². The van der Waals surface area contributed by atoms with E-state index in [-0.39, 0.29) is 18.2 Å². The standard InChI is InChI=1S/C20H22N4O2S/c1-23-9-11-24(12-10-23)20-22-19(26)17(27-20)13-18(25)21-16-8-4-6-14-5-2-3-7-15(14)16/h2-8,17H,9-13H2,1H3,(H,21,25).